The molecule has 0 amide bonds. The molecule has 2 fully saturated rings. The summed E-state index contributed by atoms with van der Waals surface area (Å²) in [5.41, 5.74) is 0.622. The Labute approximate surface area is 138 Å². The summed E-state index contributed by atoms with van der Waals surface area (Å²) in [6, 6.07) is 3.45. The lowest BCUT2D eigenvalue weighted by Crippen LogP contribution is -2.44. The molecule has 6 nitrogen and oxygen atoms in total. The van der Waals surface area contributed by atoms with Crippen molar-refractivity contribution in [2.45, 2.75) is 47.9 Å². The number of piperidine rings is 1. The molecule has 0 aliphatic carbocycles. The Hall–Kier alpha value is -1.31. The van der Waals surface area contributed by atoms with Gasteiger partial charge in [-0.05, 0) is 38.8 Å². The van der Waals surface area contributed by atoms with Gasteiger partial charge in [0.1, 0.15) is 0 Å². The van der Waals surface area contributed by atoms with Gasteiger partial charge < -0.3 is 9.32 Å². The number of rotatable bonds is 2. The molecule has 3 heterocycles. The van der Waals surface area contributed by atoms with Crippen molar-refractivity contribution in [2.75, 3.05) is 7.05 Å². The molecular weight excluding hydrogens is 340 g/mol. The van der Waals surface area contributed by atoms with Gasteiger partial charge in [0.15, 0.2) is 15.4 Å². The van der Waals surface area contributed by atoms with Crippen LogP contribution in [0.3, 0.4) is 0 Å². The monoisotopic (exact) mass is 356 g/mol. The predicted octanol–water partition coefficient (Wildman–Crippen LogP) is 2.17. The van der Waals surface area contributed by atoms with Crippen molar-refractivity contribution in [3.8, 4) is 0 Å². The SMILES string of the molecule is CN1[C@@H]2CC[C@H]1C[C@H](S(=O)(=O)c1cc3oc(=O)[nH]c3cc1Cl)C2. The number of benzene rings is 1. The van der Waals surface area contributed by atoms with Gasteiger partial charge in [-0.25, -0.2) is 13.2 Å². The van der Waals surface area contributed by atoms with Crippen LogP contribution in [0, 0.1) is 0 Å². The summed E-state index contributed by atoms with van der Waals surface area (Å²) < 4.78 is 31.1. The van der Waals surface area contributed by atoms with Gasteiger partial charge in [0.05, 0.1) is 20.7 Å². The topological polar surface area (TPSA) is 83.4 Å². The second kappa shape index (κ2) is 5.09. The zero-order valence-electron chi connectivity index (χ0n) is 12.6. The number of nitrogens with zero attached hydrogens (tertiary/aromatic N) is 1. The number of nitrogens with one attached hydrogen (secondary N) is 1. The Morgan fingerprint density at radius 2 is 1.91 bits per heavy atom. The van der Waals surface area contributed by atoms with Crippen molar-refractivity contribution < 1.29 is 12.8 Å². The number of aromatic amines is 1. The van der Waals surface area contributed by atoms with Gasteiger partial charge in [-0.15, -0.1) is 0 Å². The first-order valence-electron chi connectivity index (χ1n) is 7.64. The van der Waals surface area contributed by atoms with Crippen LogP contribution in [-0.2, 0) is 9.84 Å². The van der Waals surface area contributed by atoms with E-state index in [0.29, 0.717) is 30.4 Å². The minimum Gasteiger partial charge on any atom is -0.408 e. The number of H-pyrrole nitrogens is 1. The maximum absolute atomic E-state index is 13.1. The smallest absolute Gasteiger partial charge is 0.408 e. The van der Waals surface area contributed by atoms with Crippen LogP contribution < -0.4 is 5.76 Å². The first-order valence-corrected chi connectivity index (χ1v) is 9.57. The molecular formula is C15H17ClN2O4S. The number of hydrogen-bond acceptors (Lipinski definition) is 5. The highest BCUT2D eigenvalue weighted by molar-refractivity contribution is 7.92. The van der Waals surface area contributed by atoms with Gasteiger partial charge in [0, 0.05) is 18.2 Å². The minimum absolute atomic E-state index is 0.0587. The fourth-order valence-corrected chi connectivity index (χ4v) is 6.36. The maximum Gasteiger partial charge on any atom is 0.417 e. The molecule has 0 saturated carbocycles. The third-order valence-electron chi connectivity index (χ3n) is 5.27. The lowest BCUT2D eigenvalue weighted by Gasteiger charge is -2.36. The number of halogens is 1. The molecule has 2 aliphatic heterocycles. The summed E-state index contributed by atoms with van der Waals surface area (Å²) in [7, 11) is -1.49. The lowest BCUT2D eigenvalue weighted by atomic mass is 10.0. The van der Waals surface area contributed by atoms with E-state index in [9.17, 15) is 13.2 Å². The van der Waals surface area contributed by atoms with Crippen LogP contribution in [0.4, 0.5) is 0 Å². The van der Waals surface area contributed by atoms with Crippen LogP contribution in [0.15, 0.2) is 26.2 Å². The van der Waals surface area contributed by atoms with Crippen LogP contribution in [0.1, 0.15) is 25.7 Å². The molecule has 1 aromatic carbocycles. The quantitative estimate of drug-likeness (QED) is 0.891. The molecule has 0 unspecified atom stereocenters. The second-order valence-corrected chi connectivity index (χ2v) is 9.09. The van der Waals surface area contributed by atoms with Gasteiger partial charge in [-0.1, -0.05) is 11.6 Å². The number of aromatic nitrogens is 1. The fraction of sp³-hybridized carbons (Fsp3) is 0.533. The van der Waals surface area contributed by atoms with E-state index in [1.807, 2.05) is 0 Å². The van der Waals surface area contributed by atoms with Gasteiger partial charge in [-0.2, -0.15) is 0 Å². The molecule has 0 spiro atoms. The molecule has 23 heavy (non-hydrogen) atoms. The Kier molecular flexibility index (Phi) is 3.37. The van der Waals surface area contributed by atoms with E-state index >= 15 is 0 Å². The third-order valence-corrected chi connectivity index (χ3v) is 7.91. The normalized spacial score (nSPS) is 28.5. The number of oxazole rings is 1. The van der Waals surface area contributed by atoms with E-state index in [1.165, 1.54) is 12.1 Å². The van der Waals surface area contributed by atoms with Crippen LogP contribution in [0.2, 0.25) is 5.02 Å². The summed E-state index contributed by atoms with van der Waals surface area (Å²) in [6.07, 6.45) is 3.35. The molecule has 1 aromatic heterocycles. The van der Waals surface area contributed by atoms with Crippen LogP contribution in [0.5, 0.6) is 0 Å². The van der Waals surface area contributed by atoms with E-state index in [4.69, 9.17) is 16.0 Å². The molecule has 2 saturated heterocycles. The lowest BCUT2D eigenvalue weighted by molar-refractivity contribution is 0.180. The first-order chi connectivity index (χ1) is 10.9. The molecule has 2 bridgehead atoms. The largest absolute Gasteiger partial charge is 0.417 e. The standard InChI is InChI=1S/C15H17ClN2O4S/c1-18-8-2-3-9(18)5-10(4-8)23(20,21)14-7-13-12(6-11(14)16)17-15(19)22-13/h6-10H,2-5H2,1H3,(H,17,19)/t8-,9+,10-. The average Bonchev–Trinajstić information content (AvgIpc) is 2.91. The van der Waals surface area contributed by atoms with Crippen molar-refractivity contribution >= 4 is 32.5 Å². The van der Waals surface area contributed by atoms with Crippen LogP contribution in [0.25, 0.3) is 11.1 Å². The number of sulfone groups is 1. The molecule has 2 aliphatic rings. The molecule has 3 atom stereocenters. The van der Waals surface area contributed by atoms with E-state index < -0.39 is 20.8 Å². The Morgan fingerprint density at radius 3 is 2.57 bits per heavy atom. The highest BCUT2D eigenvalue weighted by Crippen LogP contribution is 2.40. The van der Waals surface area contributed by atoms with Crippen molar-refractivity contribution in [1.82, 2.24) is 9.88 Å². The summed E-state index contributed by atoms with van der Waals surface area (Å²) in [5, 5.41) is -0.308. The Balaban J connectivity index is 1.77. The molecule has 2 aromatic rings. The maximum atomic E-state index is 13.1. The van der Waals surface area contributed by atoms with Crippen molar-refractivity contribution in [1.29, 1.82) is 0 Å². The molecule has 124 valence electrons. The van der Waals surface area contributed by atoms with Crippen molar-refractivity contribution in [3.63, 3.8) is 0 Å². The molecule has 0 radical (unpaired) electrons. The zero-order valence-corrected chi connectivity index (χ0v) is 14.2. The summed E-state index contributed by atoms with van der Waals surface area (Å²) in [5.74, 6) is -0.622. The highest BCUT2D eigenvalue weighted by Gasteiger charge is 2.44. The van der Waals surface area contributed by atoms with Gasteiger partial charge in [0.2, 0.25) is 0 Å². The average molecular weight is 357 g/mol. The third kappa shape index (κ3) is 2.33. The van der Waals surface area contributed by atoms with Crippen LogP contribution in [-0.4, -0.2) is 42.7 Å². The predicted molar refractivity (Wildman–Crippen MR) is 86.6 cm³/mol. The Bertz CT molecular complexity index is 919. The fourth-order valence-electron chi connectivity index (χ4n) is 3.96. The van der Waals surface area contributed by atoms with E-state index in [2.05, 4.69) is 16.9 Å². The molecule has 1 N–H and O–H groups in total. The molecule has 4 rings (SSSR count). The van der Waals surface area contributed by atoms with E-state index in [1.54, 1.807) is 0 Å². The second-order valence-electron chi connectivity index (χ2n) is 6.48. The molecule has 8 heteroatoms. The van der Waals surface area contributed by atoms with Crippen molar-refractivity contribution in [3.05, 3.63) is 27.7 Å². The van der Waals surface area contributed by atoms with Crippen LogP contribution >= 0.6 is 11.6 Å². The van der Waals surface area contributed by atoms with Gasteiger partial charge in [-0.3, -0.25) is 4.98 Å². The Morgan fingerprint density at radius 1 is 1.26 bits per heavy atom. The van der Waals surface area contributed by atoms with E-state index in [0.717, 1.165) is 12.8 Å². The number of hydrogen-bond donors (Lipinski definition) is 1. The highest BCUT2D eigenvalue weighted by atomic mass is 35.5. The minimum atomic E-state index is -3.56. The van der Waals surface area contributed by atoms with E-state index in [-0.39, 0.29) is 15.5 Å². The van der Waals surface area contributed by atoms with Gasteiger partial charge in [0.25, 0.3) is 0 Å². The van der Waals surface area contributed by atoms with Crippen molar-refractivity contribution in [2.24, 2.45) is 0 Å². The zero-order chi connectivity index (χ0) is 16.4. The van der Waals surface area contributed by atoms with Gasteiger partial charge >= 0.3 is 5.76 Å². The summed E-state index contributed by atoms with van der Waals surface area (Å²) >= 11 is 6.18. The summed E-state index contributed by atoms with van der Waals surface area (Å²) in [4.78, 5) is 16.1. The number of fused-ring (bicyclic) bond motifs is 3. The summed E-state index contributed by atoms with van der Waals surface area (Å²) in [6.45, 7) is 0. The first kappa shape index (κ1) is 15.2.